The van der Waals surface area contributed by atoms with Gasteiger partial charge in [-0.3, -0.25) is 9.59 Å². The van der Waals surface area contributed by atoms with Crippen molar-refractivity contribution in [2.75, 3.05) is 25.2 Å². The van der Waals surface area contributed by atoms with Crippen LogP contribution in [-0.2, 0) is 10.4 Å². The molecule has 1 N–H and O–H groups in total. The molecule has 32 heavy (non-hydrogen) atoms. The quantitative estimate of drug-likeness (QED) is 0.341. The first-order valence-electron chi connectivity index (χ1n) is 10.1. The Kier molecular flexibility index (Phi) is 6.48. The van der Waals surface area contributed by atoms with Crippen molar-refractivity contribution in [2.24, 2.45) is 0 Å². The summed E-state index contributed by atoms with van der Waals surface area (Å²) in [5.74, 6) is 0.347. The number of anilines is 1. The highest BCUT2D eigenvalue weighted by Gasteiger charge is 2.50. The Labute approximate surface area is 199 Å². The molecule has 7 heteroatoms. The Hall–Kier alpha value is -2.91. The van der Waals surface area contributed by atoms with E-state index in [1.807, 2.05) is 24.3 Å². The lowest BCUT2D eigenvalue weighted by molar-refractivity contribution is -0.135. The van der Waals surface area contributed by atoms with Gasteiger partial charge >= 0.3 is 0 Å². The lowest BCUT2D eigenvalue weighted by Gasteiger charge is -2.23. The summed E-state index contributed by atoms with van der Waals surface area (Å²) in [6.45, 7) is 0.412. The van der Waals surface area contributed by atoms with Crippen molar-refractivity contribution in [1.82, 2.24) is 0 Å². The Morgan fingerprint density at radius 3 is 2.38 bits per heavy atom. The third kappa shape index (κ3) is 4.22. The SMILES string of the molecule is COc1ccccc1OCCN1C(=O)C(O)(CC(=O)c2ccc(I)cc2)c2ccccc21. The van der Waals surface area contributed by atoms with Gasteiger partial charge in [-0.05, 0) is 52.9 Å². The number of ether oxygens (including phenoxy) is 2. The number of amides is 1. The number of Topliss-reactive ketones (excluding diaryl/α,β-unsaturated/α-hetero) is 1. The number of rotatable bonds is 8. The summed E-state index contributed by atoms with van der Waals surface area (Å²) in [5, 5.41) is 11.4. The van der Waals surface area contributed by atoms with E-state index in [0.29, 0.717) is 28.3 Å². The van der Waals surface area contributed by atoms with Crippen molar-refractivity contribution in [3.63, 3.8) is 0 Å². The minimum Gasteiger partial charge on any atom is -0.493 e. The molecule has 3 aromatic rings. The van der Waals surface area contributed by atoms with Crippen LogP contribution in [0.1, 0.15) is 22.3 Å². The maximum atomic E-state index is 13.3. The van der Waals surface area contributed by atoms with Gasteiger partial charge in [-0.1, -0.05) is 42.5 Å². The molecule has 0 aromatic heterocycles. The number of ketones is 1. The number of halogens is 1. The Balaban J connectivity index is 1.53. The van der Waals surface area contributed by atoms with E-state index in [9.17, 15) is 14.7 Å². The molecule has 0 radical (unpaired) electrons. The molecule has 6 nitrogen and oxygen atoms in total. The molecule has 1 heterocycles. The average Bonchev–Trinajstić information content (AvgIpc) is 3.01. The fourth-order valence-corrected chi connectivity index (χ4v) is 4.21. The minimum absolute atomic E-state index is 0.196. The van der Waals surface area contributed by atoms with Crippen molar-refractivity contribution < 1.29 is 24.2 Å². The summed E-state index contributed by atoms with van der Waals surface area (Å²) in [5.41, 5.74) is -0.441. The van der Waals surface area contributed by atoms with E-state index in [2.05, 4.69) is 22.6 Å². The van der Waals surface area contributed by atoms with Crippen LogP contribution in [0.3, 0.4) is 0 Å². The Morgan fingerprint density at radius 1 is 1.00 bits per heavy atom. The molecule has 0 bridgehead atoms. The molecule has 164 valence electrons. The highest BCUT2D eigenvalue weighted by Crippen LogP contribution is 2.42. The summed E-state index contributed by atoms with van der Waals surface area (Å²) < 4.78 is 12.1. The van der Waals surface area contributed by atoms with Crippen molar-refractivity contribution >= 4 is 40.0 Å². The van der Waals surface area contributed by atoms with Crippen LogP contribution in [-0.4, -0.2) is 37.1 Å². The summed E-state index contributed by atoms with van der Waals surface area (Å²) in [7, 11) is 1.56. The number of benzene rings is 3. The van der Waals surface area contributed by atoms with Gasteiger partial charge in [0, 0.05) is 14.7 Å². The lowest BCUT2D eigenvalue weighted by atomic mass is 9.88. The molecular formula is C25H22INO5. The van der Waals surface area contributed by atoms with Gasteiger partial charge in [0.1, 0.15) is 6.61 Å². The molecular weight excluding hydrogens is 521 g/mol. The standard InChI is InChI=1S/C25H22INO5/c1-31-22-8-4-5-9-23(22)32-15-14-27-20-7-3-2-6-19(20)25(30,24(27)29)16-21(28)17-10-12-18(26)13-11-17/h2-13,30H,14-16H2,1H3. The van der Waals surface area contributed by atoms with E-state index in [1.54, 1.807) is 55.6 Å². The van der Waals surface area contributed by atoms with E-state index in [-0.39, 0.29) is 25.4 Å². The summed E-state index contributed by atoms with van der Waals surface area (Å²) in [6.07, 6.45) is -0.326. The predicted molar refractivity (Wildman–Crippen MR) is 129 cm³/mol. The van der Waals surface area contributed by atoms with E-state index in [4.69, 9.17) is 9.47 Å². The molecule has 1 atom stereocenters. The molecule has 1 amide bonds. The molecule has 1 unspecified atom stereocenters. The van der Waals surface area contributed by atoms with E-state index >= 15 is 0 Å². The fourth-order valence-electron chi connectivity index (χ4n) is 3.85. The summed E-state index contributed by atoms with van der Waals surface area (Å²) >= 11 is 2.16. The second-order valence-electron chi connectivity index (χ2n) is 7.44. The molecule has 0 fully saturated rings. The Bertz CT molecular complexity index is 1150. The van der Waals surface area contributed by atoms with Gasteiger partial charge in [0.25, 0.3) is 5.91 Å². The van der Waals surface area contributed by atoms with Gasteiger partial charge in [0.2, 0.25) is 0 Å². The van der Waals surface area contributed by atoms with Crippen molar-refractivity contribution in [3.8, 4) is 11.5 Å². The highest BCUT2D eigenvalue weighted by molar-refractivity contribution is 14.1. The summed E-state index contributed by atoms with van der Waals surface area (Å²) in [6, 6.07) is 21.3. The maximum Gasteiger partial charge on any atom is 0.264 e. The summed E-state index contributed by atoms with van der Waals surface area (Å²) in [4.78, 5) is 27.7. The smallest absolute Gasteiger partial charge is 0.264 e. The zero-order chi connectivity index (χ0) is 22.7. The van der Waals surface area contributed by atoms with E-state index in [0.717, 1.165) is 3.57 Å². The molecule has 4 rings (SSSR count). The van der Waals surface area contributed by atoms with E-state index in [1.165, 1.54) is 4.90 Å². The van der Waals surface area contributed by atoms with Crippen LogP contribution < -0.4 is 14.4 Å². The van der Waals surface area contributed by atoms with Crippen LogP contribution in [0.15, 0.2) is 72.8 Å². The van der Waals surface area contributed by atoms with Crippen LogP contribution >= 0.6 is 22.6 Å². The van der Waals surface area contributed by atoms with Gasteiger partial charge in [0.05, 0.1) is 25.8 Å². The van der Waals surface area contributed by atoms with Crippen molar-refractivity contribution in [3.05, 3.63) is 87.5 Å². The molecule has 1 aliphatic rings. The number of fused-ring (bicyclic) bond motifs is 1. The second kappa shape index (κ2) is 9.30. The third-order valence-corrected chi connectivity index (χ3v) is 6.18. The molecule has 0 spiro atoms. The van der Waals surface area contributed by atoms with Crippen LogP contribution in [0.2, 0.25) is 0 Å². The van der Waals surface area contributed by atoms with E-state index < -0.39 is 11.5 Å². The topological polar surface area (TPSA) is 76.1 Å². The Morgan fingerprint density at radius 2 is 1.66 bits per heavy atom. The number of carbonyl (C=O) groups excluding carboxylic acids is 2. The third-order valence-electron chi connectivity index (χ3n) is 5.46. The van der Waals surface area contributed by atoms with Crippen LogP contribution in [0.25, 0.3) is 0 Å². The van der Waals surface area contributed by atoms with Crippen molar-refractivity contribution in [2.45, 2.75) is 12.0 Å². The number of hydrogen-bond acceptors (Lipinski definition) is 5. The minimum atomic E-state index is -1.92. The average molecular weight is 543 g/mol. The lowest BCUT2D eigenvalue weighted by Crippen LogP contribution is -2.43. The van der Waals surface area contributed by atoms with Gasteiger partial charge < -0.3 is 19.5 Å². The molecule has 0 saturated heterocycles. The number of carbonyl (C=O) groups is 2. The number of hydrogen-bond donors (Lipinski definition) is 1. The van der Waals surface area contributed by atoms with Gasteiger partial charge in [-0.25, -0.2) is 0 Å². The largest absolute Gasteiger partial charge is 0.493 e. The first-order chi connectivity index (χ1) is 15.4. The van der Waals surface area contributed by atoms with Gasteiger partial charge in [-0.2, -0.15) is 0 Å². The number of methoxy groups -OCH3 is 1. The zero-order valence-electron chi connectivity index (χ0n) is 17.5. The normalized spacial score (nSPS) is 17.2. The second-order valence-corrected chi connectivity index (χ2v) is 8.69. The number of para-hydroxylation sites is 3. The van der Waals surface area contributed by atoms with Crippen LogP contribution in [0.5, 0.6) is 11.5 Å². The van der Waals surface area contributed by atoms with Crippen LogP contribution in [0.4, 0.5) is 5.69 Å². The number of aliphatic hydroxyl groups is 1. The zero-order valence-corrected chi connectivity index (χ0v) is 19.6. The highest BCUT2D eigenvalue weighted by atomic mass is 127. The number of nitrogens with zero attached hydrogens (tertiary/aromatic N) is 1. The first-order valence-corrected chi connectivity index (χ1v) is 11.2. The molecule has 1 aliphatic heterocycles. The first kappa shape index (κ1) is 22.3. The fraction of sp³-hybridized carbons (Fsp3) is 0.200. The monoisotopic (exact) mass is 543 g/mol. The maximum absolute atomic E-state index is 13.3. The predicted octanol–water partition coefficient (Wildman–Crippen LogP) is 4.19. The molecule has 0 aliphatic carbocycles. The van der Waals surface area contributed by atoms with Crippen molar-refractivity contribution in [1.29, 1.82) is 0 Å². The van der Waals surface area contributed by atoms with Gasteiger partial charge in [-0.15, -0.1) is 0 Å². The molecule has 0 saturated carbocycles. The molecule has 3 aromatic carbocycles. The van der Waals surface area contributed by atoms with Crippen LogP contribution in [0, 0.1) is 3.57 Å². The van der Waals surface area contributed by atoms with Gasteiger partial charge in [0.15, 0.2) is 22.9 Å².